The van der Waals surface area contributed by atoms with Crippen LogP contribution >= 0.6 is 11.8 Å². The number of thioether (sulfide) groups is 1. The van der Waals surface area contributed by atoms with Crippen LogP contribution in [-0.4, -0.2) is 38.5 Å². The molecule has 0 aromatic heterocycles. The van der Waals surface area contributed by atoms with E-state index in [1.54, 1.807) is 24.3 Å². The molecule has 2 N–H and O–H groups in total. The molecule has 29 heavy (non-hydrogen) atoms. The summed E-state index contributed by atoms with van der Waals surface area (Å²) in [6.07, 6.45) is 1.16. The molecule has 1 fully saturated rings. The van der Waals surface area contributed by atoms with E-state index in [9.17, 15) is 19.7 Å². The maximum Gasteiger partial charge on any atom is 0.305 e. The number of amidine groups is 1. The third-order valence-electron chi connectivity index (χ3n) is 3.63. The summed E-state index contributed by atoms with van der Waals surface area (Å²) in [4.78, 5) is 32.6. The zero-order valence-electron chi connectivity index (χ0n) is 14.7. The standard InChI is InChI=1S/C18H14N4O6S/c23-16(24)9-15-17(25)20-18(29-15)21-19-10-11-2-1-3-14(8-11)28-13-6-4-12(5-7-13)22(26)27/h1-8,10,15H,9H2,(H,23,24)(H,20,21,25). The predicted octanol–water partition coefficient (Wildman–Crippen LogP) is 2.78. The fourth-order valence-electron chi connectivity index (χ4n) is 2.32. The fourth-order valence-corrected chi connectivity index (χ4v) is 3.24. The molecule has 11 heteroatoms. The lowest BCUT2D eigenvalue weighted by molar-refractivity contribution is -0.384. The molecule has 0 bridgehead atoms. The number of rotatable bonds is 7. The summed E-state index contributed by atoms with van der Waals surface area (Å²) in [5.74, 6) is -0.530. The van der Waals surface area contributed by atoms with Crippen LogP contribution in [0.5, 0.6) is 11.5 Å². The van der Waals surface area contributed by atoms with Gasteiger partial charge in [0, 0.05) is 12.1 Å². The van der Waals surface area contributed by atoms with Gasteiger partial charge in [0.25, 0.3) is 5.69 Å². The molecule has 1 aliphatic rings. The number of carbonyl (C=O) groups excluding carboxylic acids is 1. The molecule has 1 amide bonds. The average molecular weight is 414 g/mol. The number of ether oxygens (including phenoxy) is 1. The second kappa shape index (κ2) is 8.97. The summed E-state index contributed by atoms with van der Waals surface area (Å²) in [7, 11) is 0. The second-order valence-electron chi connectivity index (χ2n) is 5.77. The molecule has 148 valence electrons. The molecule has 0 saturated carbocycles. The number of carboxylic acids is 1. The Kier molecular flexibility index (Phi) is 6.19. The van der Waals surface area contributed by atoms with Crippen LogP contribution in [0.4, 0.5) is 5.69 Å². The Morgan fingerprint density at radius 3 is 2.72 bits per heavy atom. The molecule has 1 unspecified atom stereocenters. The van der Waals surface area contributed by atoms with Gasteiger partial charge >= 0.3 is 5.97 Å². The average Bonchev–Trinajstić information content (AvgIpc) is 3.01. The van der Waals surface area contributed by atoms with Gasteiger partial charge in [0.2, 0.25) is 5.91 Å². The summed E-state index contributed by atoms with van der Waals surface area (Å²) in [6.45, 7) is 0. The van der Waals surface area contributed by atoms with E-state index in [1.807, 2.05) is 0 Å². The molecule has 0 spiro atoms. The Morgan fingerprint density at radius 1 is 1.28 bits per heavy atom. The third kappa shape index (κ3) is 5.62. The Morgan fingerprint density at radius 2 is 2.03 bits per heavy atom. The van der Waals surface area contributed by atoms with E-state index in [1.165, 1.54) is 30.5 Å². The van der Waals surface area contributed by atoms with Crippen LogP contribution in [0.1, 0.15) is 12.0 Å². The lowest BCUT2D eigenvalue weighted by Crippen LogP contribution is -2.26. The fraction of sp³-hybridized carbons (Fsp3) is 0.111. The van der Waals surface area contributed by atoms with Crippen LogP contribution in [0, 0.1) is 10.1 Å². The summed E-state index contributed by atoms with van der Waals surface area (Å²) >= 11 is 1.01. The molecule has 2 aromatic rings. The summed E-state index contributed by atoms with van der Waals surface area (Å²) in [6, 6.07) is 12.6. The van der Waals surface area contributed by atoms with Gasteiger partial charge in [-0.15, -0.1) is 5.10 Å². The van der Waals surface area contributed by atoms with Gasteiger partial charge in [-0.25, -0.2) is 0 Å². The van der Waals surface area contributed by atoms with Crippen molar-refractivity contribution in [1.82, 2.24) is 5.32 Å². The molecule has 10 nitrogen and oxygen atoms in total. The first kappa shape index (κ1) is 20.0. The largest absolute Gasteiger partial charge is 0.481 e. The minimum atomic E-state index is -1.06. The van der Waals surface area contributed by atoms with Gasteiger partial charge in [-0.2, -0.15) is 5.10 Å². The lowest BCUT2D eigenvalue weighted by Gasteiger charge is -2.05. The maximum absolute atomic E-state index is 11.6. The van der Waals surface area contributed by atoms with Crippen molar-refractivity contribution in [3.63, 3.8) is 0 Å². The molecule has 0 radical (unpaired) electrons. The summed E-state index contributed by atoms with van der Waals surface area (Å²) in [5.41, 5.74) is 0.644. The number of non-ortho nitro benzene ring substituents is 1. The molecule has 1 atom stereocenters. The first-order chi connectivity index (χ1) is 13.9. The highest BCUT2D eigenvalue weighted by molar-refractivity contribution is 8.15. The normalized spacial score (nSPS) is 17.4. The molecule has 1 aliphatic heterocycles. The predicted molar refractivity (Wildman–Crippen MR) is 106 cm³/mol. The Balaban J connectivity index is 1.63. The Bertz CT molecular complexity index is 1010. The number of aliphatic carboxylic acids is 1. The summed E-state index contributed by atoms with van der Waals surface area (Å²) in [5, 5.41) is 29.2. The second-order valence-corrected chi connectivity index (χ2v) is 6.96. The Labute approximate surface area is 168 Å². The van der Waals surface area contributed by atoms with Gasteiger partial charge in [0.1, 0.15) is 16.7 Å². The molecular formula is C18H14N4O6S. The van der Waals surface area contributed by atoms with Crippen LogP contribution in [0.3, 0.4) is 0 Å². The van der Waals surface area contributed by atoms with E-state index in [0.29, 0.717) is 17.1 Å². The van der Waals surface area contributed by atoms with Gasteiger partial charge in [-0.05, 0) is 29.8 Å². The van der Waals surface area contributed by atoms with Crippen LogP contribution in [0.15, 0.2) is 58.7 Å². The van der Waals surface area contributed by atoms with E-state index in [0.717, 1.165) is 11.8 Å². The zero-order chi connectivity index (χ0) is 20.8. The number of carboxylic acid groups (broad SMARTS) is 1. The topological polar surface area (TPSA) is 143 Å². The van der Waals surface area contributed by atoms with Gasteiger partial charge < -0.3 is 15.2 Å². The van der Waals surface area contributed by atoms with Gasteiger partial charge in [0.05, 0.1) is 17.6 Å². The first-order valence-corrected chi connectivity index (χ1v) is 9.11. The van der Waals surface area contributed by atoms with Crippen molar-refractivity contribution in [2.45, 2.75) is 11.7 Å². The highest BCUT2D eigenvalue weighted by atomic mass is 32.2. The maximum atomic E-state index is 11.6. The quantitative estimate of drug-likeness (QED) is 0.403. The van der Waals surface area contributed by atoms with Crippen LogP contribution in [0.25, 0.3) is 0 Å². The van der Waals surface area contributed by atoms with Gasteiger partial charge in [-0.3, -0.25) is 19.7 Å². The molecule has 2 aromatic carbocycles. The van der Waals surface area contributed by atoms with Crippen molar-refractivity contribution in [1.29, 1.82) is 0 Å². The number of nitrogens with one attached hydrogen (secondary N) is 1. The third-order valence-corrected chi connectivity index (χ3v) is 4.71. The SMILES string of the molecule is O=C(O)CC1SC(=NN=Cc2cccc(Oc3ccc([N+](=O)[O-])cc3)c2)NC1=O. The zero-order valence-corrected chi connectivity index (χ0v) is 15.5. The molecule has 3 rings (SSSR count). The minimum Gasteiger partial charge on any atom is -0.481 e. The number of nitrogens with zero attached hydrogens (tertiary/aromatic N) is 3. The van der Waals surface area contributed by atoms with Crippen molar-refractivity contribution in [2.24, 2.45) is 10.2 Å². The number of amides is 1. The minimum absolute atomic E-state index is 0.0280. The van der Waals surface area contributed by atoms with Crippen LogP contribution in [-0.2, 0) is 9.59 Å². The van der Waals surface area contributed by atoms with E-state index in [4.69, 9.17) is 9.84 Å². The monoisotopic (exact) mass is 414 g/mol. The van der Waals surface area contributed by atoms with Crippen molar-refractivity contribution in [3.05, 3.63) is 64.2 Å². The van der Waals surface area contributed by atoms with Crippen molar-refractivity contribution in [3.8, 4) is 11.5 Å². The first-order valence-electron chi connectivity index (χ1n) is 8.23. The van der Waals surface area contributed by atoms with Gasteiger partial charge in [-0.1, -0.05) is 23.9 Å². The van der Waals surface area contributed by atoms with E-state index < -0.39 is 22.0 Å². The van der Waals surface area contributed by atoms with Gasteiger partial charge in [0.15, 0.2) is 5.17 Å². The van der Waals surface area contributed by atoms with Crippen LogP contribution < -0.4 is 10.1 Å². The Hall–Kier alpha value is -3.73. The number of nitro groups is 1. The van der Waals surface area contributed by atoms with Crippen molar-refractivity contribution >= 4 is 40.7 Å². The molecule has 0 aliphatic carbocycles. The number of hydrogen-bond acceptors (Lipinski definition) is 8. The van der Waals surface area contributed by atoms with E-state index in [2.05, 4.69) is 15.5 Å². The highest BCUT2D eigenvalue weighted by Gasteiger charge is 2.32. The van der Waals surface area contributed by atoms with Crippen LogP contribution in [0.2, 0.25) is 0 Å². The molecule has 1 saturated heterocycles. The number of benzene rings is 2. The number of nitro benzene ring substituents is 1. The number of hydrogen-bond donors (Lipinski definition) is 2. The smallest absolute Gasteiger partial charge is 0.305 e. The number of carbonyl (C=O) groups is 2. The van der Waals surface area contributed by atoms with Crippen molar-refractivity contribution < 1.29 is 24.4 Å². The summed E-state index contributed by atoms with van der Waals surface area (Å²) < 4.78 is 5.66. The van der Waals surface area contributed by atoms with Crippen molar-refractivity contribution in [2.75, 3.05) is 0 Å². The molecular weight excluding hydrogens is 400 g/mol. The van der Waals surface area contributed by atoms with E-state index >= 15 is 0 Å². The molecule has 1 heterocycles. The van der Waals surface area contributed by atoms with E-state index in [-0.39, 0.29) is 17.3 Å². The highest BCUT2D eigenvalue weighted by Crippen LogP contribution is 2.24. The lowest BCUT2D eigenvalue weighted by atomic mass is 10.2.